The van der Waals surface area contributed by atoms with Crippen LogP contribution >= 0.6 is 22.9 Å². The summed E-state index contributed by atoms with van der Waals surface area (Å²) in [7, 11) is 3.99. The highest BCUT2D eigenvalue weighted by molar-refractivity contribution is 7.10. The van der Waals surface area contributed by atoms with Crippen LogP contribution in [-0.4, -0.2) is 51.7 Å². The number of aromatic nitrogens is 4. The first-order chi connectivity index (χ1) is 12.5. The Kier molecular flexibility index (Phi) is 5.97. The molecule has 0 saturated heterocycles. The van der Waals surface area contributed by atoms with Crippen molar-refractivity contribution in [2.24, 2.45) is 0 Å². The maximum atomic E-state index is 12.2. The molecule has 0 aliphatic heterocycles. The van der Waals surface area contributed by atoms with Crippen molar-refractivity contribution in [3.05, 3.63) is 51.7 Å². The third kappa shape index (κ3) is 4.66. The quantitative estimate of drug-likeness (QED) is 0.670. The number of thiophene rings is 1. The van der Waals surface area contributed by atoms with Crippen molar-refractivity contribution in [1.82, 2.24) is 30.4 Å². The van der Waals surface area contributed by atoms with Gasteiger partial charge < -0.3 is 10.2 Å². The summed E-state index contributed by atoms with van der Waals surface area (Å²) >= 11 is 7.55. The van der Waals surface area contributed by atoms with E-state index in [0.29, 0.717) is 17.4 Å². The summed E-state index contributed by atoms with van der Waals surface area (Å²) in [5.74, 6) is 0.299. The predicted molar refractivity (Wildman–Crippen MR) is 102 cm³/mol. The molecule has 26 heavy (non-hydrogen) atoms. The third-order valence-electron chi connectivity index (χ3n) is 3.83. The van der Waals surface area contributed by atoms with Crippen LogP contribution in [0.5, 0.6) is 0 Å². The molecule has 136 valence electrons. The van der Waals surface area contributed by atoms with Crippen LogP contribution in [0.15, 0.2) is 41.8 Å². The number of nitrogens with one attached hydrogen (secondary N) is 1. The fourth-order valence-corrected chi connectivity index (χ4v) is 3.49. The highest BCUT2D eigenvalue weighted by atomic mass is 35.5. The van der Waals surface area contributed by atoms with Gasteiger partial charge >= 0.3 is 0 Å². The van der Waals surface area contributed by atoms with Crippen LogP contribution in [0.1, 0.15) is 10.9 Å². The fraction of sp³-hybridized carbons (Fsp3) is 0.294. The van der Waals surface area contributed by atoms with Crippen LogP contribution in [0.2, 0.25) is 5.02 Å². The molecule has 2 aromatic heterocycles. The summed E-state index contributed by atoms with van der Waals surface area (Å²) < 4.78 is 0. The van der Waals surface area contributed by atoms with Gasteiger partial charge in [0.15, 0.2) is 0 Å². The Morgan fingerprint density at radius 2 is 2.08 bits per heavy atom. The topological polar surface area (TPSA) is 75.9 Å². The lowest BCUT2D eigenvalue weighted by atomic mass is 10.2. The van der Waals surface area contributed by atoms with Gasteiger partial charge in [-0.25, -0.2) is 0 Å². The first-order valence-corrected chi connectivity index (χ1v) is 9.29. The molecule has 2 heterocycles. The zero-order valence-corrected chi connectivity index (χ0v) is 16.0. The van der Waals surface area contributed by atoms with Gasteiger partial charge in [-0.15, -0.1) is 21.5 Å². The number of halogens is 1. The Balaban J connectivity index is 1.57. The molecule has 0 radical (unpaired) electrons. The number of likely N-dealkylation sites (N-methyl/N-ethyl adjacent to an activating group) is 1. The number of amides is 1. The summed E-state index contributed by atoms with van der Waals surface area (Å²) in [6.07, 6.45) is 0. The summed E-state index contributed by atoms with van der Waals surface area (Å²) in [4.78, 5) is 16.8. The van der Waals surface area contributed by atoms with E-state index in [0.717, 1.165) is 5.56 Å². The molecule has 0 aliphatic rings. The van der Waals surface area contributed by atoms with E-state index in [2.05, 4.69) is 31.7 Å². The van der Waals surface area contributed by atoms with Gasteiger partial charge in [0, 0.05) is 22.0 Å². The number of nitrogens with zero attached hydrogens (tertiary/aromatic N) is 5. The molecule has 0 aliphatic carbocycles. The summed E-state index contributed by atoms with van der Waals surface area (Å²) in [6, 6.07) is 11.4. The molecule has 0 spiro atoms. The molecule has 1 unspecified atom stereocenters. The first-order valence-electron chi connectivity index (χ1n) is 8.03. The Morgan fingerprint density at radius 3 is 2.73 bits per heavy atom. The van der Waals surface area contributed by atoms with E-state index >= 15 is 0 Å². The Hall–Kier alpha value is -2.29. The van der Waals surface area contributed by atoms with Crippen LogP contribution in [0.4, 0.5) is 0 Å². The van der Waals surface area contributed by atoms with Gasteiger partial charge in [0.2, 0.25) is 11.7 Å². The molecular formula is C17H19ClN6OS. The highest BCUT2D eigenvalue weighted by Gasteiger charge is 2.17. The number of hydrogen-bond donors (Lipinski definition) is 1. The fourth-order valence-electron chi connectivity index (χ4n) is 2.44. The van der Waals surface area contributed by atoms with Crippen molar-refractivity contribution >= 4 is 28.8 Å². The van der Waals surface area contributed by atoms with E-state index in [1.165, 1.54) is 9.67 Å². The van der Waals surface area contributed by atoms with Crippen LogP contribution in [0.25, 0.3) is 11.4 Å². The van der Waals surface area contributed by atoms with E-state index in [1.807, 2.05) is 37.7 Å². The zero-order chi connectivity index (χ0) is 18.5. The van der Waals surface area contributed by atoms with Gasteiger partial charge in [-0.1, -0.05) is 17.7 Å². The van der Waals surface area contributed by atoms with Gasteiger partial charge in [0.25, 0.3) is 0 Å². The second-order valence-electron chi connectivity index (χ2n) is 5.95. The molecule has 3 aromatic rings. The van der Waals surface area contributed by atoms with Crippen LogP contribution in [-0.2, 0) is 11.3 Å². The Bertz CT molecular complexity index is 847. The molecule has 1 atom stereocenters. The number of rotatable bonds is 7. The van der Waals surface area contributed by atoms with E-state index < -0.39 is 0 Å². The second kappa shape index (κ2) is 8.39. The largest absolute Gasteiger partial charge is 0.352 e. The summed E-state index contributed by atoms with van der Waals surface area (Å²) in [5.41, 5.74) is 0.798. The normalized spacial score (nSPS) is 12.3. The number of tetrazole rings is 1. The number of carbonyl (C=O) groups excluding carboxylic acids is 1. The standard InChI is InChI=1S/C17H19ClN6OS/c1-23(2)14(15-4-3-9-26-15)10-19-16(25)11-24-21-17(20-22-24)12-5-7-13(18)8-6-12/h3-9,14H,10-11H2,1-2H3,(H,19,25). The molecular weight excluding hydrogens is 372 g/mol. The smallest absolute Gasteiger partial charge is 0.243 e. The van der Waals surface area contributed by atoms with E-state index in [1.54, 1.807) is 23.5 Å². The number of benzene rings is 1. The summed E-state index contributed by atoms with van der Waals surface area (Å²) in [6.45, 7) is 0.538. The minimum atomic E-state index is -0.159. The van der Waals surface area contributed by atoms with Gasteiger partial charge in [-0.2, -0.15) is 4.80 Å². The van der Waals surface area contributed by atoms with Crippen molar-refractivity contribution in [3.8, 4) is 11.4 Å². The number of carbonyl (C=O) groups is 1. The van der Waals surface area contributed by atoms with Gasteiger partial charge in [-0.3, -0.25) is 4.79 Å². The van der Waals surface area contributed by atoms with Crippen molar-refractivity contribution < 1.29 is 4.79 Å². The monoisotopic (exact) mass is 390 g/mol. The molecule has 7 nitrogen and oxygen atoms in total. The van der Waals surface area contributed by atoms with Gasteiger partial charge in [-0.05, 0) is 55.0 Å². The molecule has 1 amide bonds. The first kappa shape index (κ1) is 18.5. The summed E-state index contributed by atoms with van der Waals surface area (Å²) in [5, 5.41) is 17.8. The Labute approximate surface area is 160 Å². The maximum absolute atomic E-state index is 12.2. The minimum Gasteiger partial charge on any atom is -0.352 e. The average molecular weight is 391 g/mol. The third-order valence-corrected chi connectivity index (χ3v) is 5.05. The zero-order valence-electron chi connectivity index (χ0n) is 14.5. The average Bonchev–Trinajstić information content (AvgIpc) is 3.28. The van der Waals surface area contributed by atoms with Gasteiger partial charge in [0.1, 0.15) is 6.54 Å². The lowest BCUT2D eigenvalue weighted by Crippen LogP contribution is -2.36. The predicted octanol–water partition coefficient (Wildman–Crippen LogP) is 2.47. The van der Waals surface area contributed by atoms with Crippen molar-refractivity contribution in [2.75, 3.05) is 20.6 Å². The Morgan fingerprint density at radius 1 is 1.31 bits per heavy atom. The molecule has 0 saturated carbocycles. The maximum Gasteiger partial charge on any atom is 0.243 e. The lowest BCUT2D eigenvalue weighted by molar-refractivity contribution is -0.122. The van der Waals surface area contributed by atoms with Crippen LogP contribution in [0.3, 0.4) is 0 Å². The minimum absolute atomic E-state index is 0.0190. The van der Waals surface area contributed by atoms with Crippen LogP contribution < -0.4 is 5.32 Å². The second-order valence-corrected chi connectivity index (χ2v) is 7.36. The molecule has 1 aromatic carbocycles. The molecule has 1 N–H and O–H groups in total. The van der Waals surface area contributed by atoms with Gasteiger partial charge in [0.05, 0.1) is 6.04 Å². The molecule has 0 fully saturated rings. The van der Waals surface area contributed by atoms with E-state index in [4.69, 9.17) is 11.6 Å². The van der Waals surface area contributed by atoms with Crippen molar-refractivity contribution in [2.45, 2.75) is 12.6 Å². The molecule has 9 heteroatoms. The van der Waals surface area contributed by atoms with E-state index in [9.17, 15) is 4.79 Å². The SMILES string of the molecule is CN(C)C(CNC(=O)Cn1nnc(-c2ccc(Cl)cc2)n1)c1cccs1. The van der Waals surface area contributed by atoms with Crippen molar-refractivity contribution in [3.63, 3.8) is 0 Å². The lowest BCUT2D eigenvalue weighted by Gasteiger charge is -2.23. The van der Waals surface area contributed by atoms with Crippen molar-refractivity contribution in [1.29, 1.82) is 0 Å². The van der Waals surface area contributed by atoms with Crippen LogP contribution in [0, 0.1) is 0 Å². The molecule has 3 rings (SSSR count). The molecule has 0 bridgehead atoms. The van der Waals surface area contributed by atoms with E-state index in [-0.39, 0.29) is 18.5 Å². The number of hydrogen-bond acceptors (Lipinski definition) is 6. The highest BCUT2D eigenvalue weighted by Crippen LogP contribution is 2.22.